The van der Waals surface area contributed by atoms with Crippen molar-refractivity contribution < 1.29 is 23.6 Å². The first kappa shape index (κ1) is 20.3. The van der Waals surface area contributed by atoms with Crippen LogP contribution in [-0.4, -0.2) is 23.5 Å². The summed E-state index contributed by atoms with van der Waals surface area (Å²) in [6.07, 6.45) is 0. The summed E-state index contributed by atoms with van der Waals surface area (Å²) < 4.78 is 16.0. The maximum atomic E-state index is 12.3. The molecule has 3 rings (SSSR count). The molecule has 0 saturated heterocycles. The van der Waals surface area contributed by atoms with E-state index in [2.05, 4.69) is 5.16 Å². The van der Waals surface area contributed by atoms with Gasteiger partial charge in [-0.3, -0.25) is 4.79 Å². The number of nitrogens with zero attached hydrogens (tertiary/aromatic N) is 1. The van der Waals surface area contributed by atoms with E-state index in [1.807, 2.05) is 39.8 Å². The van der Waals surface area contributed by atoms with E-state index in [9.17, 15) is 9.59 Å². The number of hydrogen-bond acceptors (Lipinski definition) is 6. The highest BCUT2D eigenvalue weighted by atomic mass is 16.5. The highest BCUT2D eigenvalue weighted by Gasteiger charge is 2.14. The molecule has 0 aliphatic rings. The van der Waals surface area contributed by atoms with Gasteiger partial charge < -0.3 is 14.0 Å². The SMILES string of the molecule is Cc1ccc(C(=O)COC(=O)c2ccc(OCc3c(C)noc3C)cc2)c(C)c1. The molecule has 6 heteroatoms. The van der Waals surface area contributed by atoms with Crippen molar-refractivity contribution in [2.45, 2.75) is 34.3 Å². The molecular weight excluding hydrogens is 370 g/mol. The number of carbonyl (C=O) groups is 2. The van der Waals surface area contributed by atoms with Gasteiger partial charge in [-0.1, -0.05) is 28.9 Å². The van der Waals surface area contributed by atoms with Gasteiger partial charge in [-0.2, -0.15) is 0 Å². The van der Waals surface area contributed by atoms with Crippen molar-refractivity contribution in [3.8, 4) is 5.75 Å². The van der Waals surface area contributed by atoms with Crippen LogP contribution in [0.3, 0.4) is 0 Å². The lowest BCUT2D eigenvalue weighted by Crippen LogP contribution is -2.15. The molecule has 1 heterocycles. The number of Topliss-reactive ketones (excluding diaryl/α,β-unsaturated/α-hetero) is 1. The molecule has 0 unspecified atom stereocenters. The average molecular weight is 393 g/mol. The Morgan fingerprint density at radius 2 is 1.72 bits per heavy atom. The predicted molar refractivity (Wildman–Crippen MR) is 107 cm³/mol. The summed E-state index contributed by atoms with van der Waals surface area (Å²) in [6, 6.07) is 12.1. The number of esters is 1. The van der Waals surface area contributed by atoms with Crippen LogP contribution in [0.5, 0.6) is 5.75 Å². The lowest BCUT2D eigenvalue weighted by atomic mass is 10.0. The second-order valence-electron chi connectivity index (χ2n) is 6.93. The molecule has 0 spiro atoms. The Morgan fingerprint density at radius 3 is 2.34 bits per heavy atom. The first-order valence-corrected chi connectivity index (χ1v) is 9.27. The van der Waals surface area contributed by atoms with Crippen LogP contribution in [-0.2, 0) is 11.3 Å². The smallest absolute Gasteiger partial charge is 0.338 e. The van der Waals surface area contributed by atoms with Crippen LogP contribution in [0.15, 0.2) is 47.0 Å². The van der Waals surface area contributed by atoms with Crippen molar-refractivity contribution in [2.24, 2.45) is 0 Å². The van der Waals surface area contributed by atoms with Gasteiger partial charge >= 0.3 is 5.97 Å². The molecule has 1 aromatic heterocycles. The van der Waals surface area contributed by atoms with Gasteiger partial charge in [-0.15, -0.1) is 0 Å². The Labute approximate surface area is 169 Å². The maximum Gasteiger partial charge on any atom is 0.338 e. The largest absolute Gasteiger partial charge is 0.489 e. The summed E-state index contributed by atoms with van der Waals surface area (Å²) in [5.41, 5.74) is 4.54. The van der Waals surface area contributed by atoms with Crippen molar-refractivity contribution in [3.63, 3.8) is 0 Å². The molecule has 0 amide bonds. The number of carbonyl (C=O) groups excluding carboxylic acids is 2. The highest BCUT2D eigenvalue weighted by molar-refractivity contribution is 6.00. The normalized spacial score (nSPS) is 10.6. The molecule has 29 heavy (non-hydrogen) atoms. The second-order valence-corrected chi connectivity index (χ2v) is 6.93. The third-order valence-corrected chi connectivity index (χ3v) is 4.67. The monoisotopic (exact) mass is 393 g/mol. The Hall–Kier alpha value is -3.41. The highest BCUT2D eigenvalue weighted by Crippen LogP contribution is 2.18. The van der Waals surface area contributed by atoms with Gasteiger partial charge in [0, 0.05) is 5.56 Å². The second kappa shape index (κ2) is 8.73. The van der Waals surface area contributed by atoms with Crippen molar-refractivity contribution >= 4 is 11.8 Å². The zero-order valence-electron chi connectivity index (χ0n) is 16.9. The van der Waals surface area contributed by atoms with Crippen LogP contribution in [0.2, 0.25) is 0 Å². The van der Waals surface area contributed by atoms with E-state index in [0.29, 0.717) is 23.5 Å². The standard InChI is InChI=1S/C23H23NO5/c1-14-5-10-20(15(2)11-14)22(25)13-28-23(26)18-6-8-19(9-7-18)27-12-21-16(3)24-29-17(21)4/h5-11H,12-13H2,1-4H3. The van der Waals surface area contributed by atoms with Gasteiger partial charge in [0.1, 0.15) is 18.1 Å². The van der Waals surface area contributed by atoms with Gasteiger partial charge in [-0.05, 0) is 57.5 Å². The molecule has 150 valence electrons. The molecule has 0 aliphatic carbocycles. The Balaban J connectivity index is 1.55. The minimum absolute atomic E-state index is 0.227. The van der Waals surface area contributed by atoms with Gasteiger partial charge in [0.25, 0.3) is 0 Å². The Bertz CT molecular complexity index is 1010. The van der Waals surface area contributed by atoms with Crippen LogP contribution < -0.4 is 4.74 Å². The lowest BCUT2D eigenvalue weighted by Gasteiger charge is -2.09. The number of hydrogen-bond donors (Lipinski definition) is 0. The van der Waals surface area contributed by atoms with Crippen molar-refractivity contribution in [1.82, 2.24) is 5.16 Å². The van der Waals surface area contributed by atoms with Crippen molar-refractivity contribution in [2.75, 3.05) is 6.61 Å². The van der Waals surface area contributed by atoms with Crippen LogP contribution in [0.4, 0.5) is 0 Å². The van der Waals surface area contributed by atoms with Crippen LogP contribution >= 0.6 is 0 Å². The Morgan fingerprint density at radius 1 is 1.00 bits per heavy atom. The summed E-state index contributed by atoms with van der Waals surface area (Å²) >= 11 is 0. The van der Waals surface area contributed by atoms with Crippen LogP contribution in [0.25, 0.3) is 0 Å². The molecule has 3 aromatic rings. The van der Waals surface area contributed by atoms with Gasteiger partial charge in [-0.25, -0.2) is 4.79 Å². The van der Waals surface area contributed by atoms with E-state index in [-0.39, 0.29) is 12.4 Å². The zero-order valence-corrected chi connectivity index (χ0v) is 16.9. The van der Waals surface area contributed by atoms with Gasteiger partial charge in [0.2, 0.25) is 5.78 Å². The first-order valence-electron chi connectivity index (χ1n) is 9.27. The van der Waals surface area contributed by atoms with E-state index in [0.717, 1.165) is 28.1 Å². The molecule has 0 N–H and O–H groups in total. The van der Waals surface area contributed by atoms with Gasteiger partial charge in [0.05, 0.1) is 16.8 Å². The van der Waals surface area contributed by atoms with E-state index in [4.69, 9.17) is 14.0 Å². The summed E-state index contributed by atoms with van der Waals surface area (Å²) in [5, 5.41) is 3.89. The minimum Gasteiger partial charge on any atom is -0.489 e. The molecule has 0 atom stereocenters. The summed E-state index contributed by atoms with van der Waals surface area (Å²) in [4.78, 5) is 24.5. The molecular formula is C23H23NO5. The van der Waals surface area contributed by atoms with E-state index < -0.39 is 5.97 Å². The van der Waals surface area contributed by atoms with Crippen molar-refractivity contribution in [3.05, 3.63) is 81.7 Å². The number of ether oxygens (including phenoxy) is 2. The number of aryl methyl sites for hydroxylation is 4. The summed E-state index contributed by atoms with van der Waals surface area (Å²) in [6.45, 7) is 7.54. The van der Waals surface area contributed by atoms with E-state index in [1.165, 1.54) is 0 Å². The third-order valence-electron chi connectivity index (χ3n) is 4.67. The number of ketones is 1. The fourth-order valence-electron chi connectivity index (χ4n) is 2.97. The minimum atomic E-state index is -0.555. The fraction of sp³-hybridized carbons (Fsp3) is 0.261. The molecule has 0 fully saturated rings. The van der Waals surface area contributed by atoms with Gasteiger partial charge in [0.15, 0.2) is 6.61 Å². The fourth-order valence-corrected chi connectivity index (χ4v) is 2.97. The van der Waals surface area contributed by atoms with E-state index >= 15 is 0 Å². The number of aromatic nitrogens is 1. The quantitative estimate of drug-likeness (QED) is 0.434. The summed E-state index contributed by atoms with van der Waals surface area (Å²) in [5.74, 6) is 0.541. The third kappa shape index (κ3) is 4.90. The lowest BCUT2D eigenvalue weighted by molar-refractivity contribution is 0.0474. The molecule has 0 saturated carbocycles. The number of rotatable bonds is 7. The molecule has 2 aromatic carbocycles. The molecule has 6 nitrogen and oxygen atoms in total. The topological polar surface area (TPSA) is 78.6 Å². The summed E-state index contributed by atoms with van der Waals surface area (Å²) in [7, 11) is 0. The Kier molecular flexibility index (Phi) is 6.12. The maximum absolute atomic E-state index is 12.3. The average Bonchev–Trinajstić information content (AvgIpc) is 3.02. The van der Waals surface area contributed by atoms with Crippen molar-refractivity contribution in [1.29, 1.82) is 0 Å². The number of benzene rings is 2. The zero-order chi connectivity index (χ0) is 21.0. The van der Waals surface area contributed by atoms with E-state index in [1.54, 1.807) is 30.3 Å². The van der Waals surface area contributed by atoms with Crippen LogP contribution in [0, 0.1) is 27.7 Å². The molecule has 0 radical (unpaired) electrons. The first-order chi connectivity index (χ1) is 13.8. The van der Waals surface area contributed by atoms with Crippen LogP contribution in [0.1, 0.15) is 48.9 Å². The molecule has 0 aliphatic heterocycles. The predicted octanol–water partition coefficient (Wildman–Crippen LogP) is 4.53. The molecule has 0 bridgehead atoms.